The largest absolute Gasteiger partial charge is 0.494 e. The van der Waals surface area contributed by atoms with Gasteiger partial charge in [-0.15, -0.1) is 11.3 Å². The summed E-state index contributed by atoms with van der Waals surface area (Å²) >= 11 is 1.54. The molecule has 5 nitrogen and oxygen atoms in total. The first-order chi connectivity index (χ1) is 11.1. The smallest absolute Gasteiger partial charge is 0.226 e. The molecule has 0 aliphatic heterocycles. The Balaban J connectivity index is 1.96. The summed E-state index contributed by atoms with van der Waals surface area (Å²) < 4.78 is 10.4. The Morgan fingerprint density at radius 3 is 2.74 bits per heavy atom. The third-order valence-corrected chi connectivity index (χ3v) is 4.07. The first-order valence-electron chi connectivity index (χ1n) is 7.58. The highest BCUT2D eigenvalue weighted by molar-refractivity contribution is 7.13. The molecule has 124 valence electrons. The fourth-order valence-electron chi connectivity index (χ4n) is 2.16. The highest BCUT2D eigenvalue weighted by atomic mass is 32.1. The molecule has 0 saturated carbocycles. The van der Waals surface area contributed by atoms with Crippen LogP contribution in [0.5, 0.6) is 5.75 Å². The SMILES string of the molecule is CCOc1ccc(-c2nc(CC(=O)NC(C)COC)cs2)cc1. The Kier molecular flexibility index (Phi) is 6.55. The zero-order chi connectivity index (χ0) is 16.7. The Labute approximate surface area is 140 Å². The number of aromatic nitrogens is 1. The van der Waals surface area contributed by atoms with Crippen LogP contribution in [0.1, 0.15) is 19.5 Å². The van der Waals surface area contributed by atoms with Gasteiger partial charge in [0.25, 0.3) is 0 Å². The molecule has 0 aliphatic rings. The van der Waals surface area contributed by atoms with Gasteiger partial charge in [0.15, 0.2) is 0 Å². The van der Waals surface area contributed by atoms with Crippen LogP contribution in [-0.2, 0) is 16.0 Å². The summed E-state index contributed by atoms with van der Waals surface area (Å²) in [5.41, 5.74) is 1.80. The lowest BCUT2D eigenvalue weighted by Crippen LogP contribution is -2.36. The lowest BCUT2D eigenvalue weighted by atomic mass is 10.2. The third kappa shape index (κ3) is 5.33. The summed E-state index contributed by atoms with van der Waals surface area (Å²) in [7, 11) is 1.62. The first-order valence-corrected chi connectivity index (χ1v) is 8.46. The van der Waals surface area contributed by atoms with Crippen LogP contribution in [0.4, 0.5) is 0 Å². The maximum absolute atomic E-state index is 11.9. The Morgan fingerprint density at radius 2 is 2.09 bits per heavy atom. The number of carbonyl (C=O) groups excluding carboxylic acids is 1. The molecule has 1 aromatic carbocycles. The second kappa shape index (κ2) is 8.64. The van der Waals surface area contributed by atoms with Gasteiger partial charge in [-0.3, -0.25) is 4.79 Å². The van der Waals surface area contributed by atoms with Gasteiger partial charge in [0, 0.05) is 24.1 Å². The van der Waals surface area contributed by atoms with Gasteiger partial charge in [-0.1, -0.05) is 0 Å². The summed E-state index contributed by atoms with van der Waals surface area (Å²) in [6.45, 7) is 5.02. The first kappa shape index (κ1) is 17.4. The number of methoxy groups -OCH3 is 1. The van der Waals surface area contributed by atoms with Gasteiger partial charge in [-0.05, 0) is 38.1 Å². The summed E-state index contributed by atoms with van der Waals surface area (Å²) in [6, 6.07) is 7.82. The van der Waals surface area contributed by atoms with Crippen molar-refractivity contribution in [3.8, 4) is 16.3 Å². The molecule has 6 heteroatoms. The van der Waals surface area contributed by atoms with Gasteiger partial charge in [-0.2, -0.15) is 0 Å². The standard InChI is InChI=1S/C17H22N2O3S/c1-4-22-15-7-5-13(6-8-15)17-19-14(11-23-17)9-16(20)18-12(2)10-21-3/h5-8,11-12H,4,9-10H2,1-3H3,(H,18,20). The predicted molar refractivity (Wildman–Crippen MR) is 91.9 cm³/mol. The number of rotatable bonds is 8. The number of thiazole rings is 1. The Morgan fingerprint density at radius 1 is 1.35 bits per heavy atom. The van der Waals surface area contributed by atoms with Crippen molar-refractivity contribution < 1.29 is 14.3 Å². The molecule has 0 spiro atoms. The maximum atomic E-state index is 11.9. The molecule has 0 fully saturated rings. The average Bonchev–Trinajstić information content (AvgIpc) is 2.96. The van der Waals surface area contributed by atoms with E-state index in [4.69, 9.17) is 9.47 Å². The molecule has 1 atom stereocenters. The zero-order valence-corrected chi connectivity index (χ0v) is 14.5. The molecule has 1 N–H and O–H groups in total. The number of amides is 1. The molecule has 1 aromatic heterocycles. The third-order valence-electron chi connectivity index (χ3n) is 3.13. The van der Waals surface area contributed by atoms with E-state index < -0.39 is 0 Å². The van der Waals surface area contributed by atoms with Crippen molar-refractivity contribution in [3.63, 3.8) is 0 Å². The van der Waals surface area contributed by atoms with Crippen LogP contribution in [0.25, 0.3) is 10.6 Å². The molecule has 1 heterocycles. The van der Waals surface area contributed by atoms with Gasteiger partial charge >= 0.3 is 0 Å². The van der Waals surface area contributed by atoms with Crippen LogP contribution < -0.4 is 10.1 Å². The van der Waals surface area contributed by atoms with Crippen molar-refractivity contribution in [3.05, 3.63) is 35.3 Å². The van der Waals surface area contributed by atoms with Gasteiger partial charge in [0.05, 0.1) is 25.3 Å². The minimum absolute atomic E-state index is 0.00304. The second-order valence-electron chi connectivity index (χ2n) is 5.20. The Bertz CT molecular complexity index is 625. The quantitative estimate of drug-likeness (QED) is 0.806. The maximum Gasteiger partial charge on any atom is 0.226 e. The van der Waals surface area contributed by atoms with E-state index in [2.05, 4.69) is 10.3 Å². The molecule has 0 aliphatic carbocycles. The van der Waals surface area contributed by atoms with E-state index in [0.717, 1.165) is 22.0 Å². The fourth-order valence-corrected chi connectivity index (χ4v) is 2.99. The fraction of sp³-hybridized carbons (Fsp3) is 0.412. The molecule has 0 bridgehead atoms. The normalized spacial score (nSPS) is 12.0. The van der Waals surface area contributed by atoms with Gasteiger partial charge < -0.3 is 14.8 Å². The van der Waals surface area contributed by atoms with Crippen LogP contribution in [0.2, 0.25) is 0 Å². The van der Waals surface area contributed by atoms with Crippen LogP contribution >= 0.6 is 11.3 Å². The molecule has 2 rings (SSSR count). The summed E-state index contributed by atoms with van der Waals surface area (Å²) in [5, 5.41) is 5.71. The van der Waals surface area contributed by atoms with E-state index in [1.807, 2.05) is 43.5 Å². The number of hydrogen-bond donors (Lipinski definition) is 1. The minimum Gasteiger partial charge on any atom is -0.494 e. The zero-order valence-electron chi connectivity index (χ0n) is 13.7. The minimum atomic E-state index is -0.0434. The topological polar surface area (TPSA) is 60.5 Å². The van der Waals surface area contributed by atoms with Gasteiger partial charge in [0.1, 0.15) is 10.8 Å². The number of hydrogen-bond acceptors (Lipinski definition) is 5. The average molecular weight is 334 g/mol. The molecular formula is C17H22N2O3S. The number of nitrogens with one attached hydrogen (secondary N) is 1. The van der Waals surface area contributed by atoms with E-state index >= 15 is 0 Å². The molecule has 0 radical (unpaired) electrons. The highest BCUT2D eigenvalue weighted by Crippen LogP contribution is 2.25. The molecule has 0 saturated heterocycles. The van der Waals surface area contributed by atoms with Gasteiger partial charge in [-0.25, -0.2) is 4.98 Å². The number of ether oxygens (including phenoxy) is 2. The van der Waals surface area contributed by atoms with E-state index in [0.29, 0.717) is 13.2 Å². The van der Waals surface area contributed by atoms with Crippen molar-refractivity contribution in [2.75, 3.05) is 20.3 Å². The van der Waals surface area contributed by atoms with E-state index in [1.165, 1.54) is 11.3 Å². The van der Waals surface area contributed by atoms with Crippen LogP contribution in [0.3, 0.4) is 0 Å². The van der Waals surface area contributed by atoms with Crippen LogP contribution in [0.15, 0.2) is 29.6 Å². The molecule has 1 amide bonds. The van der Waals surface area contributed by atoms with Crippen molar-refractivity contribution in [1.29, 1.82) is 0 Å². The molecule has 1 unspecified atom stereocenters. The van der Waals surface area contributed by atoms with Crippen molar-refractivity contribution in [2.45, 2.75) is 26.3 Å². The number of nitrogens with zero attached hydrogens (tertiary/aromatic N) is 1. The van der Waals surface area contributed by atoms with Crippen molar-refractivity contribution in [2.24, 2.45) is 0 Å². The molecular weight excluding hydrogens is 312 g/mol. The molecule has 2 aromatic rings. The van der Waals surface area contributed by atoms with Crippen molar-refractivity contribution >= 4 is 17.2 Å². The number of carbonyl (C=O) groups is 1. The predicted octanol–water partition coefficient (Wildman–Crippen LogP) is 2.90. The summed E-state index contributed by atoms with van der Waals surface area (Å²) in [6.07, 6.45) is 0.279. The van der Waals surface area contributed by atoms with Gasteiger partial charge in [0.2, 0.25) is 5.91 Å². The lowest BCUT2D eigenvalue weighted by molar-refractivity contribution is -0.121. The summed E-state index contributed by atoms with van der Waals surface area (Å²) in [5.74, 6) is 0.803. The van der Waals surface area contributed by atoms with E-state index in [9.17, 15) is 4.79 Å². The van der Waals surface area contributed by atoms with Crippen LogP contribution in [0, 0.1) is 0 Å². The molecule has 23 heavy (non-hydrogen) atoms. The monoisotopic (exact) mass is 334 g/mol. The van der Waals surface area contributed by atoms with Crippen LogP contribution in [-0.4, -0.2) is 37.3 Å². The van der Waals surface area contributed by atoms with E-state index in [1.54, 1.807) is 7.11 Å². The number of benzene rings is 1. The Hall–Kier alpha value is -1.92. The van der Waals surface area contributed by atoms with Crippen molar-refractivity contribution in [1.82, 2.24) is 10.3 Å². The summed E-state index contributed by atoms with van der Waals surface area (Å²) in [4.78, 5) is 16.5. The second-order valence-corrected chi connectivity index (χ2v) is 6.06. The highest BCUT2D eigenvalue weighted by Gasteiger charge is 2.11. The lowest BCUT2D eigenvalue weighted by Gasteiger charge is -2.11. The van der Waals surface area contributed by atoms with E-state index in [-0.39, 0.29) is 18.4 Å².